The smallest absolute Gasteiger partial charge is 0.262 e. The van der Waals surface area contributed by atoms with Crippen LogP contribution in [0, 0.1) is 0 Å². The first-order chi connectivity index (χ1) is 12.7. The number of aromatic nitrogens is 2. The molecule has 0 spiro atoms. The van der Waals surface area contributed by atoms with Gasteiger partial charge in [-0.1, -0.05) is 12.1 Å². The van der Waals surface area contributed by atoms with Crippen molar-refractivity contribution in [3.05, 3.63) is 58.0 Å². The lowest BCUT2D eigenvalue weighted by atomic mass is 10.0. The van der Waals surface area contributed by atoms with Crippen LogP contribution in [0.4, 0.5) is 0 Å². The van der Waals surface area contributed by atoms with Crippen LogP contribution < -0.4 is 10.3 Å². The molecule has 1 aliphatic heterocycles. The first-order valence-electron chi connectivity index (χ1n) is 8.53. The molecule has 1 saturated heterocycles. The minimum Gasteiger partial charge on any atom is -0.497 e. The van der Waals surface area contributed by atoms with Crippen molar-refractivity contribution in [1.82, 2.24) is 14.5 Å². The highest BCUT2D eigenvalue weighted by Gasteiger charge is 2.30. The molecule has 0 aliphatic carbocycles. The number of hydrogen-bond donors (Lipinski definition) is 0. The van der Waals surface area contributed by atoms with E-state index in [-0.39, 0.29) is 24.1 Å². The molecule has 1 unspecified atom stereocenters. The van der Waals surface area contributed by atoms with E-state index < -0.39 is 0 Å². The molecule has 0 radical (unpaired) electrons. The highest BCUT2D eigenvalue weighted by Crippen LogP contribution is 2.32. The molecule has 1 aliphatic rings. The van der Waals surface area contributed by atoms with Crippen LogP contribution >= 0.6 is 11.3 Å². The average Bonchev–Trinajstić information content (AvgIpc) is 3.33. The normalized spacial score (nSPS) is 17.0. The van der Waals surface area contributed by atoms with Gasteiger partial charge in [0.05, 0.1) is 24.9 Å². The van der Waals surface area contributed by atoms with E-state index in [1.54, 1.807) is 13.2 Å². The zero-order valence-corrected chi connectivity index (χ0v) is 15.2. The van der Waals surface area contributed by atoms with Crippen molar-refractivity contribution >= 4 is 27.5 Å². The van der Waals surface area contributed by atoms with E-state index in [0.29, 0.717) is 16.8 Å². The Bertz CT molecular complexity index is 993. The minimum absolute atomic E-state index is 0.0181. The largest absolute Gasteiger partial charge is 0.497 e. The number of amides is 1. The number of benzene rings is 1. The predicted molar refractivity (Wildman–Crippen MR) is 101 cm³/mol. The minimum atomic E-state index is -0.162. The summed E-state index contributed by atoms with van der Waals surface area (Å²) in [6.45, 7) is 0.725. The Morgan fingerprint density at radius 1 is 1.31 bits per heavy atom. The van der Waals surface area contributed by atoms with Crippen LogP contribution in [0.5, 0.6) is 5.75 Å². The number of rotatable bonds is 4. The summed E-state index contributed by atoms with van der Waals surface area (Å²) < 4.78 is 6.61. The first kappa shape index (κ1) is 16.8. The topological polar surface area (TPSA) is 64.4 Å². The SMILES string of the molecule is COc1ccc(C2CCCN2C(=O)Cn2cnc3sccc3c2=O)cc1. The lowest BCUT2D eigenvalue weighted by Crippen LogP contribution is -2.36. The average molecular weight is 369 g/mol. The lowest BCUT2D eigenvalue weighted by Gasteiger charge is -2.25. The number of carbonyl (C=O) groups excluding carboxylic acids is 1. The van der Waals surface area contributed by atoms with Gasteiger partial charge in [0.25, 0.3) is 5.56 Å². The van der Waals surface area contributed by atoms with Crippen LogP contribution in [-0.4, -0.2) is 34.0 Å². The molecule has 134 valence electrons. The molecular formula is C19H19N3O3S. The summed E-state index contributed by atoms with van der Waals surface area (Å²) in [4.78, 5) is 32.2. The maximum atomic E-state index is 12.9. The molecule has 1 aromatic carbocycles. The number of hydrogen-bond acceptors (Lipinski definition) is 5. The van der Waals surface area contributed by atoms with Gasteiger partial charge in [-0.2, -0.15) is 0 Å². The number of fused-ring (bicyclic) bond motifs is 1. The second-order valence-corrected chi connectivity index (χ2v) is 7.23. The standard InChI is InChI=1S/C19H19N3O3S/c1-25-14-6-4-13(5-7-14)16-3-2-9-22(16)17(23)11-21-12-20-18-15(19(21)24)8-10-26-18/h4-8,10,12,16H,2-3,9,11H2,1H3. The quantitative estimate of drug-likeness (QED) is 0.709. The molecular weight excluding hydrogens is 350 g/mol. The predicted octanol–water partition coefficient (Wildman–Crippen LogP) is 2.83. The van der Waals surface area contributed by atoms with Crippen LogP contribution in [0.3, 0.4) is 0 Å². The van der Waals surface area contributed by atoms with E-state index >= 15 is 0 Å². The van der Waals surface area contributed by atoms with Gasteiger partial charge in [-0.05, 0) is 42.0 Å². The second kappa shape index (κ2) is 6.92. The van der Waals surface area contributed by atoms with Crippen molar-refractivity contribution in [2.75, 3.05) is 13.7 Å². The summed E-state index contributed by atoms with van der Waals surface area (Å²) in [6, 6.07) is 9.62. The van der Waals surface area contributed by atoms with Crippen molar-refractivity contribution in [2.45, 2.75) is 25.4 Å². The molecule has 0 saturated carbocycles. The van der Waals surface area contributed by atoms with Gasteiger partial charge in [0.1, 0.15) is 17.1 Å². The summed E-state index contributed by atoms with van der Waals surface area (Å²) in [6.07, 6.45) is 3.35. The Morgan fingerprint density at radius 2 is 2.12 bits per heavy atom. The van der Waals surface area contributed by atoms with Crippen molar-refractivity contribution in [3.8, 4) is 5.75 Å². The van der Waals surface area contributed by atoms with Gasteiger partial charge in [-0.3, -0.25) is 14.2 Å². The molecule has 1 atom stereocenters. The Kier molecular flexibility index (Phi) is 4.46. The summed E-state index contributed by atoms with van der Waals surface area (Å²) in [5.74, 6) is 0.744. The van der Waals surface area contributed by atoms with Crippen LogP contribution in [0.15, 0.2) is 46.8 Å². The molecule has 7 heteroatoms. The number of likely N-dealkylation sites (tertiary alicyclic amines) is 1. The molecule has 2 aromatic heterocycles. The molecule has 1 fully saturated rings. The van der Waals surface area contributed by atoms with E-state index in [4.69, 9.17) is 4.74 Å². The van der Waals surface area contributed by atoms with E-state index in [1.807, 2.05) is 34.5 Å². The van der Waals surface area contributed by atoms with Crippen molar-refractivity contribution < 1.29 is 9.53 Å². The summed E-state index contributed by atoms with van der Waals surface area (Å²) in [7, 11) is 1.64. The molecule has 3 heterocycles. The maximum absolute atomic E-state index is 12.9. The maximum Gasteiger partial charge on any atom is 0.262 e. The fraction of sp³-hybridized carbons (Fsp3) is 0.316. The highest BCUT2D eigenvalue weighted by atomic mass is 32.1. The lowest BCUT2D eigenvalue weighted by molar-refractivity contribution is -0.132. The number of nitrogens with zero attached hydrogens (tertiary/aromatic N) is 3. The van der Waals surface area contributed by atoms with E-state index in [0.717, 1.165) is 24.2 Å². The van der Waals surface area contributed by atoms with E-state index in [1.165, 1.54) is 22.2 Å². The van der Waals surface area contributed by atoms with E-state index in [2.05, 4.69) is 4.98 Å². The van der Waals surface area contributed by atoms with E-state index in [9.17, 15) is 9.59 Å². The molecule has 0 bridgehead atoms. The number of methoxy groups -OCH3 is 1. The second-order valence-electron chi connectivity index (χ2n) is 6.34. The van der Waals surface area contributed by atoms with Crippen molar-refractivity contribution in [1.29, 1.82) is 0 Å². The third-order valence-electron chi connectivity index (χ3n) is 4.83. The molecule has 4 rings (SSSR count). The molecule has 3 aromatic rings. The summed E-state index contributed by atoms with van der Waals surface area (Å²) in [5, 5.41) is 2.41. The third-order valence-corrected chi connectivity index (χ3v) is 5.65. The van der Waals surface area contributed by atoms with Gasteiger partial charge in [0, 0.05) is 6.54 Å². The highest BCUT2D eigenvalue weighted by molar-refractivity contribution is 7.16. The monoisotopic (exact) mass is 369 g/mol. The molecule has 6 nitrogen and oxygen atoms in total. The Hall–Kier alpha value is -2.67. The fourth-order valence-corrected chi connectivity index (χ4v) is 4.20. The van der Waals surface area contributed by atoms with Crippen molar-refractivity contribution in [3.63, 3.8) is 0 Å². The van der Waals surface area contributed by atoms with Crippen molar-refractivity contribution in [2.24, 2.45) is 0 Å². The Labute approximate surface area is 154 Å². The molecule has 0 N–H and O–H groups in total. The first-order valence-corrected chi connectivity index (χ1v) is 9.41. The summed E-state index contributed by atoms with van der Waals surface area (Å²) in [5.41, 5.74) is 0.931. The number of ether oxygens (including phenoxy) is 1. The van der Waals surface area contributed by atoms with Crippen LogP contribution in [-0.2, 0) is 11.3 Å². The van der Waals surface area contributed by atoms with Gasteiger partial charge in [0.15, 0.2) is 0 Å². The number of thiophene rings is 1. The Balaban J connectivity index is 1.56. The molecule has 1 amide bonds. The third kappa shape index (κ3) is 2.99. The van der Waals surface area contributed by atoms with Crippen LogP contribution in [0.25, 0.3) is 10.2 Å². The zero-order chi connectivity index (χ0) is 18.1. The fourth-order valence-electron chi connectivity index (χ4n) is 3.48. The van der Waals surface area contributed by atoms with Crippen LogP contribution in [0.2, 0.25) is 0 Å². The van der Waals surface area contributed by atoms with Gasteiger partial charge < -0.3 is 9.64 Å². The van der Waals surface area contributed by atoms with Gasteiger partial charge in [-0.25, -0.2) is 4.98 Å². The van der Waals surface area contributed by atoms with Crippen LogP contribution in [0.1, 0.15) is 24.4 Å². The summed E-state index contributed by atoms with van der Waals surface area (Å²) >= 11 is 1.42. The van der Waals surface area contributed by atoms with Gasteiger partial charge in [0.2, 0.25) is 5.91 Å². The molecule has 26 heavy (non-hydrogen) atoms. The zero-order valence-electron chi connectivity index (χ0n) is 14.4. The number of carbonyl (C=O) groups is 1. The van der Waals surface area contributed by atoms with Gasteiger partial charge in [-0.15, -0.1) is 11.3 Å². The Morgan fingerprint density at radius 3 is 2.88 bits per heavy atom. The van der Waals surface area contributed by atoms with Gasteiger partial charge >= 0.3 is 0 Å².